The zero-order valence-corrected chi connectivity index (χ0v) is 12.6. The second kappa shape index (κ2) is 8.36. The van der Waals surface area contributed by atoms with Gasteiger partial charge >= 0.3 is 0 Å². The van der Waals surface area contributed by atoms with Gasteiger partial charge in [0.2, 0.25) is 5.91 Å². The Morgan fingerprint density at radius 2 is 2.25 bits per heavy atom. The Morgan fingerprint density at radius 3 is 3.00 bits per heavy atom. The first-order valence-corrected chi connectivity index (χ1v) is 7.98. The van der Waals surface area contributed by atoms with E-state index >= 15 is 0 Å². The van der Waals surface area contributed by atoms with Gasteiger partial charge in [-0.25, -0.2) is 0 Å². The Kier molecular flexibility index (Phi) is 6.46. The van der Waals surface area contributed by atoms with Crippen LogP contribution in [-0.4, -0.2) is 61.6 Å². The first-order chi connectivity index (χ1) is 9.79. The molecule has 1 aromatic rings. The third kappa shape index (κ3) is 4.86. The molecule has 1 aliphatic heterocycles. The maximum absolute atomic E-state index is 12.0. The molecule has 1 aliphatic rings. The third-order valence-electron chi connectivity index (χ3n) is 3.39. The molecule has 6 heteroatoms. The molecule has 2 rings (SSSR count). The Hall–Kier alpha value is -0.950. The van der Waals surface area contributed by atoms with Gasteiger partial charge in [0.15, 0.2) is 0 Å². The zero-order chi connectivity index (χ0) is 14.2. The average Bonchev–Trinajstić information content (AvgIpc) is 2.84. The minimum absolute atomic E-state index is 0.0800. The van der Waals surface area contributed by atoms with Gasteiger partial charge in [-0.3, -0.25) is 9.69 Å². The van der Waals surface area contributed by atoms with Crippen LogP contribution in [0.5, 0.6) is 0 Å². The van der Waals surface area contributed by atoms with Gasteiger partial charge in [-0.2, -0.15) is 0 Å². The van der Waals surface area contributed by atoms with E-state index in [1.807, 2.05) is 4.90 Å². The summed E-state index contributed by atoms with van der Waals surface area (Å²) in [5.41, 5.74) is 5.35. The number of thiophene rings is 1. The summed E-state index contributed by atoms with van der Waals surface area (Å²) < 4.78 is 5.22. The van der Waals surface area contributed by atoms with Gasteiger partial charge < -0.3 is 15.4 Å². The van der Waals surface area contributed by atoms with Crippen molar-refractivity contribution in [1.29, 1.82) is 0 Å². The largest absolute Gasteiger partial charge is 0.370 e. The number of amides is 1. The minimum Gasteiger partial charge on any atom is -0.370 e. The van der Waals surface area contributed by atoms with Crippen LogP contribution in [0.25, 0.3) is 0 Å². The number of hydrogen-bond donors (Lipinski definition) is 1. The van der Waals surface area contributed by atoms with Gasteiger partial charge in [0.05, 0.1) is 6.61 Å². The zero-order valence-electron chi connectivity index (χ0n) is 11.8. The van der Waals surface area contributed by atoms with E-state index in [0.717, 1.165) is 39.1 Å². The van der Waals surface area contributed by atoms with E-state index in [4.69, 9.17) is 10.5 Å². The van der Waals surface area contributed by atoms with Crippen LogP contribution in [0.4, 0.5) is 0 Å². The highest BCUT2D eigenvalue weighted by Crippen LogP contribution is 2.13. The molecule has 0 radical (unpaired) electrons. The molecule has 0 aromatic carbocycles. The molecular formula is C14H23N3O2S. The van der Waals surface area contributed by atoms with E-state index in [1.165, 1.54) is 4.88 Å². The van der Waals surface area contributed by atoms with Crippen molar-refractivity contribution in [1.82, 2.24) is 9.80 Å². The molecule has 0 aliphatic carbocycles. The van der Waals surface area contributed by atoms with Crippen molar-refractivity contribution in [2.45, 2.75) is 13.0 Å². The number of ether oxygens (including phenoxy) is 1. The van der Waals surface area contributed by atoms with Crippen molar-refractivity contribution in [3.8, 4) is 0 Å². The summed E-state index contributed by atoms with van der Waals surface area (Å²) in [4.78, 5) is 17.7. The van der Waals surface area contributed by atoms with E-state index in [9.17, 15) is 4.79 Å². The van der Waals surface area contributed by atoms with E-state index in [1.54, 1.807) is 11.3 Å². The number of nitrogens with zero attached hydrogens (tertiary/aromatic N) is 2. The molecular weight excluding hydrogens is 274 g/mol. The normalized spacial score (nSPS) is 17.1. The van der Waals surface area contributed by atoms with Crippen molar-refractivity contribution in [3.63, 3.8) is 0 Å². The lowest BCUT2D eigenvalue weighted by atomic mass is 10.3. The van der Waals surface area contributed by atoms with Crippen molar-refractivity contribution >= 4 is 17.2 Å². The molecule has 2 N–H and O–H groups in total. The molecule has 2 heterocycles. The third-order valence-corrected chi connectivity index (χ3v) is 4.25. The summed E-state index contributed by atoms with van der Waals surface area (Å²) in [5.74, 6) is 0.0800. The van der Waals surface area contributed by atoms with E-state index in [2.05, 4.69) is 22.4 Å². The average molecular weight is 297 g/mol. The lowest BCUT2D eigenvalue weighted by Gasteiger charge is -2.21. The Morgan fingerprint density at radius 1 is 1.35 bits per heavy atom. The van der Waals surface area contributed by atoms with E-state index < -0.39 is 0 Å². The fourth-order valence-corrected chi connectivity index (χ4v) is 3.08. The summed E-state index contributed by atoms with van der Waals surface area (Å²) in [6, 6.07) is 4.25. The predicted octanol–water partition coefficient (Wildman–Crippen LogP) is 0.758. The highest BCUT2D eigenvalue weighted by Gasteiger charge is 2.19. The quantitative estimate of drug-likeness (QED) is 0.788. The van der Waals surface area contributed by atoms with Crippen LogP contribution < -0.4 is 5.73 Å². The maximum Gasteiger partial charge on any atom is 0.248 e. The smallest absolute Gasteiger partial charge is 0.248 e. The Labute approximate surface area is 124 Å². The molecule has 1 saturated heterocycles. The topological polar surface area (TPSA) is 58.8 Å². The number of rotatable bonds is 6. The van der Waals surface area contributed by atoms with Gasteiger partial charge in [0.1, 0.15) is 6.61 Å². The van der Waals surface area contributed by atoms with Crippen molar-refractivity contribution < 1.29 is 9.53 Å². The predicted molar refractivity (Wildman–Crippen MR) is 80.7 cm³/mol. The van der Waals surface area contributed by atoms with Crippen LogP contribution in [0.1, 0.15) is 11.3 Å². The monoisotopic (exact) mass is 297 g/mol. The second-order valence-electron chi connectivity index (χ2n) is 4.93. The van der Waals surface area contributed by atoms with Gasteiger partial charge in [-0.1, -0.05) is 6.07 Å². The second-order valence-corrected chi connectivity index (χ2v) is 5.96. The van der Waals surface area contributed by atoms with Crippen molar-refractivity contribution in [3.05, 3.63) is 22.4 Å². The summed E-state index contributed by atoms with van der Waals surface area (Å²) >= 11 is 1.79. The minimum atomic E-state index is 0.0800. The first kappa shape index (κ1) is 15.4. The maximum atomic E-state index is 12.0. The molecule has 0 atom stereocenters. The summed E-state index contributed by atoms with van der Waals surface area (Å²) in [5, 5.41) is 2.11. The highest BCUT2D eigenvalue weighted by atomic mass is 32.1. The number of carbonyl (C=O) groups excluding carboxylic acids is 1. The molecule has 1 aromatic heterocycles. The van der Waals surface area contributed by atoms with Crippen molar-refractivity contribution in [2.24, 2.45) is 5.73 Å². The lowest BCUT2D eigenvalue weighted by Crippen LogP contribution is -2.37. The van der Waals surface area contributed by atoms with Crippen LogP contribution in [-0.2, 0) is 16.1 Å². The van der Waals surface area contributed by atoms with Crippen LogP contribution in [0.15, 0.2) is 17.5 Å². The Balaban J connectivity index is 1.75. The highest BCUT2D eigenvalue weighted by molar-refractivity contribution is 7.09. The fourth-order valence-electron chi connectivity index (χ4n) is 2.34. The van der Waals surface area contributed by atoms with E-state index in [0.29, 0.717) is 13.2 Å². The van der Waals surface area contributed by atoms with Crippen LogP contribution in [0.3, 0.4) is 0 Å². The SMILES string of the molecule is NCCOCC(=O)N1CCCN(Cc2cccs2)CC1. The van der Waals surface area contributed by atoms with Crippen LogP contribution >= 0.6 is 11.3 Å². The standard InChI is InChI=1S/C14H23N3O2S/c15-4-9-19-12-14(18)17-6-2-5-16(7-8-17)11-13-3-1-10-20-13/h1,3,10H,2,4-9,11-12,15H2. The molecule has 1 amide bonds. The lowest BCUT2D eigenvalue weighted by molar-refractivity contribution is -0.135. The number of carbonyl (C=O) groups is 1. The molecule has 112 valence electrons. The molecule has 1 fully saturated rings. The van der Waals surface area contributed by atoms with Gasteiger partial charge in [0.25, 0.3) is 0 Å². The van der Waals surface area contributed by atoms with E-state index in [-0.39, 0.29) is 12.5 Å². The Bertz CT molecular complexity index is 397. The fraction of sp³-hybridized carbons (Fsp3) is 0.643. The summed E-state index contributed by atoms with van der Waals surface area (Å²) in [6.45, 7) is 5.64. The molecule has 20 heavy (non-hydrogen) atoms. The number of nitrogens with two attached hydrogens (primary N) is 1. The summed E-state index contributed by atoms with van der Waals surface area (Å²) in [7, 11) is 0. The number of hydrogen-bond acceptors (Lipinski definition) is 5. The van der Waals surface area contributed by atoms with Gasteiger partial charge in [-0.15, -0.1) is 11.3 Å². The molecule has 0 saturated carbocycles. The molecule has 0 spiro atoms. The molecule has 5 nitrogen and oxygen atoms in total. The molecule has 0 bridgehead atoms. The van der Waals surface area contributed by atoms with Gasteiger partial charge in [0, 0.05) is 44.1 Å². The van der Waals surface area contributed by atoms with Crippen LogP contribution in [0.2, 0.25) is 0 Å². The summed E-state index contributed by atoms with van der Waals surface area (Å²) in [6.07, 6.45) is 1.02. The van der Waals surface area contributed by atoms with Crippen LogP contribution in [0, 0.1) is 0 Å². The van der Waals surface area contributed by atoms with Gasteiger partial charge in [-0.05, 0) is 17.9 Å². The first-order valence-electron chi connectivity index (χ1n) is 7.10. The van der Waals surface area contributed by atoms with Crippen molar-refractivity contribution in [2.75, 3.05) is 45.9 Å². The molecule has 0 unspecified atom stereocenters.